The highest BCUT2D eigenvalue weighted by atomic mass is 32.1. The second-order valence-electron chi connectivity index (χ2n) is 13.6. The zero-order valence-electron chi connectivity index (χ0n) is 28.2. The van der Waals surface area contributed by atoms with Crippen LogP contribution >= 0.6 is 11.3 Å². The van der Waals surface area contributed by atoms with E-state index in [-0.39, 0.29) is 0 Å². The molecule has 8 aromatic carbocycles. The van der Waals surface area contributed by atoms with Gasteiger partial charge in [-0.3, -0.25) is 0 Å². The van der Waals surface area contributed by atoms with Crippen LogP contribution in [-0.2, 0) is 5.41 Å². The maximum absolute atomic E-state index is 7.11. The molecule has 0 N–H and O–H groups in total. The lowest BCUT2D eigenvalue weighted by molar-refractivity contribution is 0.666. The Morgan fingerprint density at radius 1 is 0.442 bits per heavy atom. The zero-order chi connectivity index (χ0) is 34.2. The molecular weight excluding hydrogens is 651 g/mol. The number of hydrogen-bond donors (Lipinski definition) is 0. The molecule has 0 saturated carbocycles. The summed E-state index contributed by atoms with van der Waals surface area (Å²) in [6.07, 6.45) is 0. The minimum Gasteiger partial charge on any atom is -0.454 e. The lowest BCUT2D eigenvalue weighted by Crippen LogP contribution is -2.31. The molecule has 0 atom stereocenters. The van der Waals surface area contributed by atoms with E-state index in [0.717, 1.165) is 39.0 Å². The van der Waals surface area contributed by atoms with E-state index in [1.54, 1.807) is 0 Å². The average Bonchev–Trinajstić information content (AvgIpc) is 3.88. The van der Waals surface area contributed by atoms with E-state index in [1.165, 1.54) is 53.6 Å². The summed E-state index contributed by atoms with van der Waals surface area (Å²) >= 11 is 1.85. The van der Waals surface area contributed by atoms with Crippen LogP contribution in [0.4, 0.5) is 17.1 Å². The van der Waals surface area contributed by atoms with E-state index in [0.29, 0.717) is 0 Å². The summed E-state index contributed by atoms with van der Waals surface area (Å²) in [6.45, 7) is 0. The summed E-state index contributed by atoms with van der Waals surface area (Å²) in [5.41, 5.74) is 11.8. The van der Waals surface area contributed by atoms with Crippen LogP contribution in [0.15, 0.2) is 192 Å². The molecule has 0 bridgehead atoms. The topological polar surface area (TPSA) is 16.4 Å². The van der Waals surface area contributed by atoms with E-state index in [1.807, 2.05) is 11.3 Å². The van der Waals surface area contributed by atoms with Crippen molar-refractivity contribution in [3.63, 3.8) is 0 Å². The van der Waals surface area contributed by atoms with Crippen LogP contribution in [0.2, 0.25) is 0 Å². The van der Waals surface area contributed by atoms with Gasteiger partial charge in [-0.2, -0.15) is 0 Å². The van der Waals surface area contributed by atoms with Gasteiger partial charge in [-0.15, -0.1) is 11.3 Å². The fourth-order valence-electron chi connectivity index (χ4n) is 8.89. The number of furan rings is 1. The molecule has 0 fully saturated rings. The van der Waals surface area contributed by atoms with Gasteiger partial charge in [0.1, 0.15) is 5.58 Å². The molecule has 0 aliphatic heterocycles. The van der Waals surface area contributed by atoms with Gasteiger partial charge in [-0.05, 0) is 75.8 Å². The van der Waals surface area contributed by atoms with Crippen molar-refractivity contribution < 1.29 is 4.42 Å². The number of hydrogen-bond acceptors (Lipinski definition) is 3. The van der Waals surface area contributed by atoms with Gasteiger partial charge in [0.05, 0.1) is 16.8 Å². The Morgan fingerprint density at radius 2 is 1.06 bits per heavy atom. The van der Waals surface area contributed by atoms with Crippen molar-refractivity contribution in [1.82, 2.24) is 0 Å². The second kappa shape index (κ2) is 11.3. The van der Waals surface area contributed by atoms with Gasteiger partial charge >= 0.3 is 0 Å². The maximum Gasteiger partial charge on any atom is 0.159 e. The predicted octanol–water partition coefficient (Wildman–Crippen LogP) is 13.8. The predicted molar refractivity (Wildman–Crippen MR) is 219 cm³/mol. The SMILES string of the molecule is c1ccc(N(c2c(C3(c4ccccc4)c4ccccc4-c4ccccc43)ccc3c2oc2ccccc23)c2cccc3sc4ccccc4c23)cc1. The van der Waals surface area contributed by atoms with E-state index >= 15 is 0 Å². The van der Waals surface area contributed by atoms with Gasteiger partial charge in [0.25, 0.3) is 0 Å². The van der Waals surface area contributed by atoms with E-state index in [9.17, 15) is 0 Å². The summed E-state index contributed by atoms with van der Waals surface area (Å²) in [4.78, 5) is 2.48. The van der Waals surface area contributed by atoms with Crippen molar-refractivity contribution >= 4 is 70.5 Å². The molecule has 0 amide bonds. The minimum atomic E-state index is -0.644. The highest BCUT2D eigenvalue weighted by Gasteiger charge is 2.48. The number of benzene rings is 8. The van der Waals surface area contributed by atoms with Crippen molar-refractivity contribution in [2.75, 3.05) is 4.90 Å². The fraction of sp³-hybridized carbons (Fsp3) is 0.0204. The maximum atomic E-state index is 7.11. The molecular formula is C49H31NOS. The molecule has 2 aromatic heterocycles. The summed E-state index contributed by atoms with van der Waals surface area (Å²) in [5.74, 6) is 0. The Kier molecular flexibility index (Phi) is 6.37. The molecule has 10 aromatic rings. The zero-order valence-corrected chi connectivity index (χ0v) is 29.0. The number of anilines is 3. The second-order valence-corrected chi connectivity index (χ2v) is 14.6. The molecule has 1 aliphatic carbocycles. The van der Waals surface area contributed by atoms with Gasteiger partial charge in [0.2, 0.25) is 0 Å². The van der Waals surface area contributed by atoms with Gasteiger partial charge in [0, 0.05) is 36.6 Å². The highest BCUT2D eigenvalue weighted by molar-refractivity contribution is 7.26. The summed E-state index contributed by atoms with van der Waals surface area (Å²) < 4.78 is 9.64. The third kappa shape index (κ3) is 4.00. The highest BCUT2D eigenvalue weighted by Crippen LogP contribution is 2.60. The summed E-state index contributed by atoms with van der Waals surface area (Å²) in [6, 6.07) is 68.5. The Bertz CT molecular complexity index is 2930. The first-order valence-electron chi connectivity index (χ1n) is 17.8. The standard InChI is InChI=1S/C49H31NOS/c1-3-16-32(17-4-1)49(39-24-11-7-20-34(39)35-21-8-12-25-40(35)49)41-31-30-37-36-22-9-13-27-43(36)51-48(37)47(41)50(33-18-5-2-6-19-33)42-26-15-29-45-46(42)38-23-10-14-28-44(38)52-45/h1-31H. The van der Waals surface area contributed by atoms with Crippen LogP contribution in [0, 0.1) is 0 Å². The number of rotatable bonds is 5. The van der Waals surface area contributed by atoms with Crippen molar-refractivity contribution in [1.29, 1.82) is 0 Å². The summed E-state index contributed by atoms with van der Waals surface area (Å²) in [5, 5.41) is 4.71. The Morgan fingerprint density at radius 3 is 1.83 bits per heavy atom. The van der Waals surface area contributed by atoms with Crippen molar-refractivity contribution in [2.24, 2.45) is 0 Å². The Hall–Kier alpha value is -6.42. The van der Waals surface area contributed by atoms with Gasteiger partial charge in [-0.1, -0.05) is 146 Å². The van der Waals surface area contributed by atoms with E-state index in [2.05, 4.69) is 193 Å². The van der Waals surface area contributed by atoms with Gasteiger partial charge in [0.15, 0.2) is 5.58 Å². The lowest BCUT2D eigenvalue weighted by Gasteiger charge is -2.38. The van der Waals surface area contributed by atoms with Crippen LogP contribution in [0.3, 0.4) is 0 Å². The number of thiophene rings is 1. The molecule has 2 heterocycles. The smallest absolute Gasteiger partial charge is 0.159 e. The summed E-state index contributed by atoms with van der Waals surface area (Å²) in [7, 11) is 0. The third-order valence-corrected chi connectivity index (χ3v) is 12.1. The normalized spacial score (nSPS) is 13.2. The first-order valence-corrected chi connectivity index (χ1v) is 18.6. The quantitative estimate of drug-likeness (QED) is 0.180. The van der Waals surface area contributed by atoms with Crippen molar-refractivity contribution in [3.05, 3.63) is 210 Å². The molecule has 11 rings (SSSR count). The molecule has 3 heteroatoms. The molecule has 2 nitrogen and oxygen atoms in total. The number of nitrogens with zero attached hydrogens (tertiary/aromatic N) is 1. The molecule has 244 valence electrons. The van der Waals surface area contributed by atoms with Crippen LogP contribution in [-0.4, -0.2) is 0 Å². The van der Waals surface area contributed by atoms with Crippen LogP contribution in [0.25, 0.3) is 53.2 Å². The molecule has 0 radical (unpaired) electrons. The first-order chi connectivity index (χ1) is 25.8. The molecule has 1 aliphatic rings. The Balaban J connectivity index is 1.37. The van der Waals surface area contributed by atoms with Crippen molar-refractivity contribution in [3.8, 4) is 11.1 Å². The first kappa shape index (κ1) is 29.3. The molecule has 0 unspecified atom stereocenters. The van der Waals surface area contributed by atoms with Crippen molar-refractivity contribution in [2.45, 2.75) is 5.41 Å². The molecule has 0 saturated heterocycles. The lowest BCUT2D eigenvalue weighted by atomic mass is 9.67. The van der Waals surface area contributed by atoms with Crippen LogP contribution in [0.1, 0.15) is 22.3 Å². The third-order valence-electron chi connectivity index (χ3n) is 10.9. The number of para-hydroxylation sites is 2. The molecule has 52 heavy (non-hydrogen) atoms. The largest absolute Gasteiger partial charge is 0.454 e. The monoisotopic (exact) mass is 681 g/mol. The average molecular weight is 682 g/mol. The minimum absolute atomic E-state index is 0.644. The fourth-order valence-corrected chi connectivity index (χ4v) is 10.0. The molecule has 0 spiro atoms. The van der Waals surface area contributed by atoms with Crippen LogP contribution in [0.5, 0.6) is 0 Å². The van der Waals surface area contributed by atoms with Gasteiger partial charge in [-0.25, -0.2) is 0 Å². The Labute approximate surface area is 305 Å². The van der Waals surface area contributed by atoms with E-state index in [4.69, 9.17) is 4.42 Å². The number of fused-ring (bicyclic) bond motifs is 9. The van der Waals surface area contributed by atoms with Gasteiger partial charge < -0.3 is 9.32 Å². The van der Waals surface area contributed by atoms with E-state index < -0.39 is 5.41 Å². The van der Waals surface area contributed by atoms with Crippen LogP contribution < -0.4 is 4.90 Å².